The highest BCUT2D eigenvalue weighted by Crippen LogP contribution is 2.27. The maximum atomic E-state index is 11.9. The second-order valence-corrected chi connectivity index (χ2v) is 8.57. The molecule has 0 aromatic carbocycles. The summed E-state index contributed by atoms with van der Waals surface area (Å²) in [5, 5.41) is 8.42. The lowest BCUT2D eigenvalue weighted by atomic mass is 9.86. The molecule has 0 saturated heterocycles. The van der Waals surface area contributed by atoms with Crippen LogP contribution in [-0.4, -0.2) is 37.5 Å². The number of fused-ring (bicyclic) bond motifs is 1. The Balaban J connectivity index is 1.52. The molecule has 0 radical (unpaired) electrons. The quantitative estimate of drug-likeness (QED) is 0.564. The second kappa shape index (κ2) is 7.43. The SMILES string of the molecule is CC(C)(C)OC(=O)NC1CCC(Cn2ncc3cnc(I)nc32)CC1. The molecule has 1 aliphatic rings. The van der Waals surface area contributed by atoms with Gasteiger partial charge in [0.1, 0.15) is 5.60 Å². The summed E-state index contributed by atoms with van der Waals surface area (Å²) < 4.78 is 8.04. The molecule has 0 aliphatic heterocycles. The predicted octanol–water partition coefficient (Wildman–Crippen LogP) is 3.51. The lowest BCUT2D eigenvalue weighted by Gasteiger charge is -2.30. The molecule has 2 aromatic rings. The van der Waals surface area contributed by atoms with E-state index in [1.807, 2.05) is 37.8 Å². The van der Waals surface area contributed by atoms with Crippen molar-refractivity contribution in [1.29, 1.82) is 0 Å². The molecule has 0 spiro atoms. The Morgan fingerprint density at radius 3 is 2.72 bits per heavy atom. The van der Waals surface area contributed by atoms with Crippen LogP contribution in [0.4, 0.5) is 4.79 Å². The van der Waals surface area contributed by atoms with Crippen LogP contribution in [0.25, 0.3) is 11.0 Å². The van der Waals surface area contributed by atoms with Crippen LogP contribution in [0.2, 0.25) is 0 Å². The molecule has 2 heterocycles. The van der Waals surface area contributed by atoms with Gasteiger partial charge in [-0.15, -0.1) is 0 Å². The zero-order valence-electron chi connectivity index (χ0n) is 14.8. The van der Waals surface area contributed by atoms with Gasteiger partial charge in [0.25, 0.3) is 0 Å². The monoisotopic (exact) mass is 457 g/mol. The van der Waals surface area contributed by atoms with Crippen molar-refractivity contribution in [2.24, 2.45) is 5.92 Å². The highest BCUT2D eigenvalue weighted by Gasteiger charge is 2.25. The highest BCUT2D eigenvalue weighted by molar-refractivity contribution is 14.1. The Kier molecular flexibility index (Phi) is 5.45. The van der Waals surface area contributed by atoms with Crippen molar-refractivity contribution < 1.29 is 9.53 Å². The van der Waals surface area contributed by atoms with Crippen molar-refractivity contribution in [3.63, 3.8) is 0 Å². The average Bonchev–Trinajstić information content (AvgIpc) is 2.89. The minimum Gasteiger partial charge on any atom is -0.444 e. The van der Waals surface area contributed by atoms with E-state index in [2.05, 4.69) is 43.0 Å². The maximum absolute atomic E-state index is 11.9. The fourth-order valence-electron chi connectivity index (χ4n) is 3.19. The molecule has 0 bridgehead atoms. The number of carbonyl (C=O) groups is 1. The van der Waals surface area contributed by atoms with Crippen molar-refractivity contribution in [2.75, 3.05) is 0 Å². The Hall–Kier alpha value is -1.45. The van der Waals surface area contributed by atoms with E-state index in [4.69, 9.17) is 4.74 Å². The number of nitrogens with one attached hydrogen (secondary N) is 1. The molecule has 7 nitrogen and oxygen atoms in total. The molecule has 8 heteroatoms. The van der Waals surface area contributed by atoms with E-state index < -0.39 is 5.60 Å². The summed E-state index contributed by atoms with van der Waals surface area (Å²) in [4.78, 5) is 20.6. The molecule has 1 fully saturated rings. The lowest BCUT2D eigenvalue weighted by Crippen LogP contribution is -2.41. The number of rotatable bonds is 3. The molecule has 1 amide bonds. The maximum Gasteiger partial charge on any atom is 0.407 e. The van der Waals surface area contributed by atoms with Gasteiger partial charge in [-0.05, 0) is 52.4 Å². The van der Waals surface area contributed by atoms with E-state index in [-0.39, 0.29) is 12.1 Å². The predicted molar refractivity (Wildman–Crippen MR) is 103 cm³/mol. The highest BCUT2D eigenvalue weighted by atomic mass is 127. The summed E-state index contributed by atoms with van der Waals surface area (Å²) >= 11 is 2.12. The molecule has 0 atom stereocenters. The zero-order chi connectivity index (χ0) is 18.0. The molecule has 1 N–H and O–H groups in total. The second-order valence-electron chi connectivity index (χ2n) is 7.61. The van der Waals surface area contributed by atoms with Crippen molar-refractivity contribution in [3.05, 3.63) is 16.2 Å². The first-order chi connectivity index (χ1) is 11.8. The van der Waals surface area contributed by atoms with Crippen LogP contribution < -0.4 is 5.32 Å². The van der Waals surface area contributed by atoms with Gasteiger partial charge < -0.3 is 10.1 Å². The first-order valence-corrected chi connectivity index (χ1v) is 9.71. The zero-order valence-corrected chi connectivity index (χ0v) is 17.0. The smallest absolute Gasteiger partial charge is 0.407 e. The van der Waals surface area contributed by atoms with Crippen LogP contribution in [0.5, 0.6) is 0 Å². The standard InChI is InChI=1S/C17H24IN5O2/c1-17(2,3)25-16(24)21-13-6-4-11(5-7-13)10-23-14-12(9-20-23)8-19-15(18)22-14/h8-9,11,13H,4-7,10H2,1-3H3,(H,21,24). The first kappa shape index (κ1) is 18.3. The van der Waals surface area contributed by atoms with Crippen LogP contribution in [0.3, 0.4) is 0 Å². The van der Waals surface area contributed by atoms with E-state index >= 15 is 0 Å². The minimum atomic E-state index is -0.457. The first-order valence-electron chi connectivity index (χ1n) is 8.64. The molecule has 1 aliphatic carbocycles. The Morgan fingerprint density at radius 1 is 1.32 bits per heavy atom. The summed E-state index contributed by atoms with van der Waals surface area (Å²) in [6.45, 7) is 6.49. The van der Waals surface area contributed by atoms with Gasteiger partial charge >= 0.3 is 6.09 Å². The third-order valence-electron chi connectivity index (χ3n) is 4.35. The molecule has 136 valence electrons. The number of nitrogens with zero attached hydrogens (tertiary/aromatic N) is 4. The van der Waals surface area contributed by atoms with Gasteiger partial charge in [-0.3, -0.25) is 0 Å². The molecular formula is C17H24IN5O2. The number of halogens is 1. The largest absolute Gasteiger partial charge is 0.444 e. The molecule has 1 saturated carbocycles. The molecule has 25 heavy (non-hydrogen) atoms. The van der Waals surface area contributed by atoms with Crippen LogP contribution in [0, 0.1) is 9.75 Å². The third kappa shape index (κ3) is 5.02. The minimum absolute atomic E-state index is 0.198. The van der Waals surface area contributed by atoms with Gasteiger partial charge in [0.05, 0.1) is 11.6 Å². The normalized spacial score (nSPS) is 21.3. The fourth-order valence-corrected chi connectivity index (χ4v) is 3.56. The van der Waals surface area contributed by atoms with E-state index in [1.54, 1.807) is 0 Å². The van der Waals surface area contributed by atoms with Crippen LogP contribution >= 0.6 is 22.6 Å². The number of ether oxygens (including phenoxy) is 1. The van der Waals surface area contributed by atoms with Crippen molar-refractivity contribution in [1.82, 2.24) is 25.1 Å². The molecular weight excluding hydrogens is 433 g/mol. The molecule has 2 aromatic heterocycles. The van der Waals surface area contributed by atoms with E-state index in [1.165, 1.54) is 0 Å². The van der Waals surface area contributed by atoms with E-state index in [0.717, 1.165) is 47.1 Å². The Bertz CT molecular complexity index is 747. The average molecular weight is 457 g/mol. The Morgan fingerprint density at radius 2 is 2.04 bits per heavy atom. The van der Waals surface area contributed by atoms with Crippen molar-refractivity contribution in [3.8, 4) is 0 Å². The van der Waals surface area contributed by atoms with Crippen LogP contribution in [0.15, 0.2) is 12.4 Å². The number of aromatic nitrogens is 4. The molecule has 0 unspecified atom stereocenters. The summed E-state index contributed by atoms with van der Waals surface area (Å²) in [6.07, 6.45) is 7.37. The van der Waals surface area contributed by atoms with E-state index in [9.17, 15) is 4.79 Å². The van der Waals surface area contributed by atoms with Gasteiger partial charge in [-0.1, -0.05) is 0 Å². The summed E-state index contributed by atoms with van der Waals surface area (Å²) in [5.41, 5.74) is 0.440. The number of alkyl carbamates (subject to hydrolysis) is 1. The van der Waals surface area contributed by atoms with Gasteiger partial charge in [0.2, 0.25) is 0 Å². The summed E-state index contributed by atoms with van der Waals surface area (Å²) in [7, 11) is 0. The summed E-state index contributed by atoms with van der Waals surface area (Å²) in [6, 6.07) is 0.198. The topological polar surface area (TPSA) is 81.9 Å². The van der Waals surface area contributed by atoms with Gasteiger partial charge in [-0.2, -0.15) is 5.10 Å². The van der Waals surface area contributed by atoms with Crippen molar-refractivity contribution >= 4 is 39.7 Å². The van der Waals surface area contributed by atoms with Crippen LogP contribution in [0.1, 0.15) is 46.5 Å². The third-order valence-corrected chi connectivity index (χ3v) is 4.87. The van der Waals surface area contributed by atoms with Gasteiger partial charge in [0.15, 0.2) is 9.48 Å². The lowest BCUT2D eigenvalue weighted by molar-refractivity contribution is 0.0486. The van der Waals surface area contributed by atoms with Crippen LogP contribution in [-0.2, 0) is 11.3 Å². The van der Waals surface area contributed by atoms with Gasteiger partial charge in [0, 0.05) is 41.4 Å². The Labute approximate surface area is 161 Å². The number of carbonyl (C=O) groups excluding carboxylic acids is 1. The number of hydrogen-bond donors (Lipinski definition) is 1. The molecule has 3 rings (SSSR count). The summed E-state index contributed by atoms with van der Waals surface area (Å²) in [5.74, 6) is 0.549. The number of hydrogen-bond acceptors (Lipinski definition) is 5. The fraction of sp³-hybridized carbons (Fsp3) is 0.647. The van der Waals surface area contributed by atoms with Crippen molar-refractivity contribution in [2.45, 2.75) is 64.6 Å². The van der Waals surface area contributed by atoms with Gasteiger partial charge in [-0.25, -0.2) is 19.4 Å². The van der Waals surface area contributed by atoms with E-state index in [0.29, 0.717) is 5.92 Å². The number of amides is 1.